The van der Waals surface area contributed by atoms with E-state index in [1.165, 1.54) is 17.2 Å². The molecule has 1 aliphatic heterocycles. The Labute approximate surface area is 159 Å². The average Bonchev–Trinajstić information content (AvgIpc) is 2.70. The number of nitrogens with one attached hydrogen (secondary N) is 2. The number of benzene rings is 2. The number of carbonyl (C=O) groups excluding carboxylic acids is 1. The highest BCUT2D eigenvalue weighted by molar-refractivity contribution is 5.86. The Bertz CT molecular complexity index is 850. The van der Waals surface area contributed by atoms with Crippen molar-refractivity contribution in [1.82, 2.24) is 15.5 Å². The second kappa shape index (κ2) is 8.66. The minimum absolute atomic E-state index is 0.0464. The first-order chi connectivity index (χ1) is 13.1. The van der Waals surface area contributed by atoms with Crippen LogP contribution in [0.4, 0.5) is 4.39 Å². The van der Waals surface area contributed by atoms with Crippen LogP contribution in [0.2, 0.25) is 0 Å². The topological polar surface area (TPSA) is 56.7 Å². The molecule has 2 N–H and O–H groups in total. The van der Waals surface area contributed by atoms with Gasteiger partial charge in [0, 0.05) is 26.7 Å². The molecule has 2 aromatic carbocycles. The van der Waals surface area contributed by atoms with E-state index in [0.29, 0.717) is 24.6 Å². The molecule has 0 saturated carbocycles. The van der Waals surface area contributed by atoms with Gasteiger partial charge >= 0.3 is 0 Å². The lowest BCUT2D eigenvalue weighted by Gasteiger charge is -2.29. The van der Waals surface area contributed by atoms with Crippen molar-refractivity contribution in [2.75, 3.05) is 20.1 Å². The number of rotatable bonds is 4. The summed E-state index contributed by atoms with van der Waals surface area (Å²) in [5, 5.41) is 6.21. The van der Waals surface area contributed by atoms with Crippen molar-refractivity contribution in [2.24, 2.45) is 4.99 Å². The van der Waals surface area contributed by atoms with Crippen LogP contribution < -0.4 is 10.6 Å². The molecule has 5 nitrogen and oxygen atoms in total. The third kappa shape index (κ3) is 4.84. The predicted octanol–water partition coefficient (Wildman–Crippen LogP) is 2.38. The fraction of sp³-hybridized carbons (Fsp3) is 0.333. The van der Waals surface area contributed by atoms with Gasteiger partial charge in [0.05, 0.1) is 6.54 Å². The quantitative estimate of drug-likeness (QED) is 0.644. The number of halogens is 1. The number of amides is 1. The zero-order valence-electron chi connectivity index (χ0n) is 15.8. The van der Waals surface area contributed by atoms with Crippen molar-refractivity contribution < 1.29 is 9.18 Å². The normalized spacial score (nSPS) is 13.9. The highest BCUT2D eigenvalue weighted by atomic mass is 19.1. The molecular weight excluding hydrogens is 343 g/mol. The first-order valence-corrected chi connectivity index (χ1v) is 9.11. The second-order valence-electron chi connectivity index (χ2n) is 6.70. The third-order valence-electron chi connectivity index (χ3n) is 4.80. The van der Waals surface area contributed by atoms with Crippen molar-refractivity contribution in [3.63, 3.8) is 0 Å². The summed E-state index contributed by atoms with van der Waals surface area (Å²) in [6.07, 6.45) is 0.888. The zero-order valence-corrected chi connectivity index (χ0v) is 15.8. The Morgan fingerprint density at radius 2 is 1.96 bits per heavy atom. The van der Waals surface area contributed by atoms with Crippen LogP contribution in [0.15, 0.2) is 47.5 Å². The summed E-state index contributed by atoms with van der Waals surface area (Å²) < 4.78 is 13.3. The summed E-state index contributed by atoms with van der Waals surface area (Å²) in [5.41, 5.74) is 4.10. The molecule has 0 unspecified atom stereocenters. The van der Waals surface area contributed by atoms with Gasteiger partial charge in [-0.3, -0.25) is 9.79 Å². The summed E-state index contributed by atoms with van der Waals surface area (Å²) in [5.74, 6) is 0.378. The number of hydrogen-bond acceptors (Lipinski definition) is 2. The molecule has 3 rings (SSSR count). The molecule has 6 heteroatoms. The van der Waals surface area contributed by atoms with Gasteiger partial charge < -0.3 is 15.5 Å². The Kier molecular flexibility index (Phi) is 6.06. The maximum Gasteiger partial charge on any atom is 0.242 e. The molecule has 0 bridgehead atoms. The lowest BCUT2D eigenvalue weighted by Crippen LogP contribution is -2.45. The molecule has 0 fully saturated rings. The molecule has 1 amide bonds. The van der Waals surface area contributed by atoms with Gasteiger partial charge in [-0.2, -0.15) is 0 Å². The highest BCUT2D eigenvalue weighted by Crippen LogP contribution is 2.18. The molecule has 0 radical (unpaired) electrons. The van der Waals surface area contributed by atoms with Crippen molar-refractivity contribution >= 4 is 11.9 Å². The van der Waals surface area contributed by atoms with Crippen LogP contribution >= 0.6 is 0 Å². The van der Waals surface area contributed by atoms with E-state index in [1.807, 2.05) is 17.0 Å². The molecule has 1 heterocycles. The maximum absolute atomic E-state index is 13.3. The van der Waals surface area contributed by atoms with E-state index in [-0.39, 0.29) is 18.3 Å². The van der Waals surface area contributed by atoms with Crippen LogP contribution in [0.1, 0.15) is 22.3 Å². The average molecular weight is 368 g/mol. The summed E-state index contributed by atoms with van der Waals surface area (Å²) >= 11 is 0. The molecule has 0 saturated heterocycles. The van der Waals surface area contributed by atoms with Gasteiger partial charge in [-0.05, 0) is 41.7 Å². The van der Waals surface area contributed by atoms with Crippen LogP contribution in [-0.2, 0) is 24.3 Å². The van der Waals surface area contributed by atoms with E-state index in [1.54, 1.807) is 26.1 Å². The van der Waals surface area contributed by atoms with E-state index >= 15 is 0 Å². The Balaban J connectivity index is 1.49. The smallest absolute Gasteiger partial charge is 0.242 e. The molecular formula is C21H25FN4O. The number of aliphatic imine (C=N–C) groups is 1. The Morgan fingerprint density at radius 3 is 2.70 bits per heavy atom. The second-order valence-corrected chi connectivity index (χ2v) is 6.70. The first-order valence-electron chi connectivity index (χ1n) is 9.11. The van der Waals surface area contributed by atoms with Crippen LogP contribution in [0.3, 0.4) is 0 Å². The fourth-order valence-electron chi connectivity index (χ4n) is 3.20. The van der Waals surface area contributed by atoms with E-state index < -0.39 is 0 Å². The Morgan fingerprint density at radius 1 is 1.19 bits per heavy atom. The van der Waals surface area contributed by atoms with Gasteiger partial charge in [0.25, 0.3) is 0 Å². The molecule has 0 aromatic heterocycles. The van der Waals surface area contributed by atoms with E-state index in [9.17, 15) is 9.18 Å². The molecule has 0 atom stereocenters. The minimum Gasteiger partial charge on any atom is -0.352 e. The van der Waals surface area contributed by atoms with Crippen LogP contribution in [0.5, 0.6) is 0 Å². The molecule has 27 heavy (non-hydrogen) atoms. The van der Waals surface area contributed by atoms with Crippen LogP contribution in [-0.4, -0.2) is 36.9 Å². The van der Waals surface area contributed by atoms with Gasteiger partial charge in [-0.1, -0.05) is 36.4 Å². The number of aryl methyl sites for hydroxylation is 1. The summed E-state index contributed by atoms with van der Waals surface area (Å²) in [6, 6.07) is 13.2. The fourth-order valence-corrected chi connectivity index (χ4v) is 3.20. The third-order valence-corrected chi connectivity index (χ3v) is 4.80. The SMILES string of the molecule is CN=C(NCC(=O)N1CCc2ccccc2C1)NCc1ccc(F)c(C)c1. The van der Waals surface area contributed by atoms with Gasteiger partial charge in [0.15, 0.2) is 5.96 Å². The Hall–Kier alpha value is -2.89. The maximum atomic E-state index is 13.3. The largest absolute Gasteiger partial charge is 0.352 e. The van der Waals surface area contributed by atoms with E-state index in [0.717, 1.165) is 18.5 Å². The standard InChI is InChI=1S/C21H25FN4O/c1-15-11-16(7-8-19(15)22)12-24-21(23-2)25-13-20(27)26-10-9-17-5-3-4-6-18(17)14-26/h3-8,11H,9-10,12-14H2,1-2H3,(H2,23,24,25). The van der Waals surface area contributed by atoms with Crippen molar-refractivity contribution in [3.8, 4) is 0 Å². The number of hydrogen-bond donors (Lipinski definition) is 2. The number of nitrogens with zero attached hydrogens (tertiary/aromatic N) is 2. The van der Waals surface area contributed by atoms with Gasteiger partial charge in [-0.15, -0.1) is 0 Å². The first kappa shape index (κ1) is 18.9. The monoisotopic (exact) mass is 368 g/mol. The molecule has 0 spiro atoms. The number of carbonyl (C=O) groups is 1. The molecule has 1 aliphatic rings. The summed E-state index contributed by atoms with van der Waals surface area (Å²) in [4.78, 5) is 18.5. The van der Waals surface area contributed by atoms with Gasteiger partial charge in [0.1, 0.15) is 5.82 Å². The van der Waals surface area contributed by atoms with Gasteiger partial charge in [0.2, 0.25) is 5.91 Å². The number of guanidine groups is 1. The lowest BCUT2D eigenvalue weighted by molar-refractivity contribution is -0.130. The van der Waals surface area contributed by atoms with E-state index in [2.05, 4.69) is 27.8 Å². The van der Waals surface area contributed by atoms with Crippen LogP contribution in [0.25, 0.3) is 0 Å². The van der Waals surface area contributed by atoms with Crippen LogP contribution in [0, 0.1) is 12.7 Å². The van der Waals surface area contributed by atoms with Gasteiger partial charge in [-0.25, -0.2) is 4.39 Å². The summed E-state index contributed by atoms with van der Waals surface area (Å²) in [6.45, 7) is 3.81. The van der Waals surface area contributed by atoms with Crippen molar-refractivity contribution in [2.45, 2.75) is 26.4 Å². The van der Waals surface area contributed by atoms with Crippen molar-refractivity contribution in [1.29, 1.82) is 0 Å². The summed E-state index contributed by atoms with van der Waals surface area (Å²) in [7, 11) is 1.66. The minimum atomic E-state index is -0.213. The van der Waals surface area contributed by atoms with E-state index in [4.69, 9.17) is 0 Å². The predicted molar refractivity (Wildman–Crippen MR) is 105 cm³/mol. The lowest BCUT2D eigenvalue weighted by atomic mass is 10.00. The molecule has 2 aromatic rings. The molecule has 0 aliphatic carbocycles. The highest BCUT2D eigenvalue weighted by Gasteiger charge is 2.20. The zero-order chi connectivity index (χ0) is 19.2. The van der Waals surface area contributed by atoms with Crippen molar-refractivity contribution in [3.05, 3.63) is 70.5 Å². The number of fused-ring (bicyclic) bond motifs is 1. The molecule has 142 valence electrons.